The number of β-lactam (4-membered cyclic amide) rings is 1. The Morgan fingerprint density at radius 3 is 2.97 bits per heavy atom. The van der Waals surface area contributed by atoms with Crippen LogP contribution in [0, 0.1) is 0 Å². The van der Waals surface area contributed by atoms with Crippen LogP contribution in [0.5, 0.6) is 0 Å². The van der Waals surface area contributed by atoms with Gasteiger partial charge < -0.3 is 21.0 Å². The van der Waals surface area contributed by atoms with Crippen LogP contribution in [0.25, 0.3) is 0 Å². The molecule has 2 aromatic heterocycles. The minimum atomic E-state index is -1.16. The predicted molar refractivity (Wildman–Crippen MR) is 128 cm³/mol. The maximum Gasteiger partial charge on any atom is 0.352 e. The summed E-state index contributed by atoms with van der Waals surface area (Å²) in [6, 6.07) is 3.18. The molecular weight excluding hydrogens is 492 g/mol. The molecule has 4 N–H and O–H groups in total. The highest BCUT2D eigenvalue weighted by atomic mass is 32.2. The lowest BCUT2D eigenvalue weighted by Gasteiger charge is -2.49. The summed E-state index contributed by atoms with van der Waals surface area (Å²) in [6.07, 6.45) is 5.01. The third kappa shape index (κ3) is 4.14. The molecule has 5 rings (SSSR count). The van der Waals surface area contributed by atoms with E-state index in [1.54, 1.807) is 5.38 Å². The Labute approximate surface area is 208 Å². The number of aryl methyl sites for hydroxylation is 1. The average molecular weight is 516 g/mol. The second kappa shape index (κ2) is 9.30. The number of pyridine rings is 1. The molecule has 3 aliphatic rings. The molecule has 0 aromatic carbocycles. The first-order chi connectivity index (χ1) is 16.9. The first-order valence-corrected chi connectivity index (χ1v) is 12.9. The van der Waals surface area contributed by atoms with E-state index in [1.807, 2.05) is 12.3 Å². The lowest BCUT2D eigenvalue weighted by molar-refractivity contribution is -0.696. The summed E-state index contributed by atoms with van der Waals surface area (Å²) in [5, 5.41) is 17.7. The van der Waals surface area contributed by atoms with E-state index in [0.29, 0.717) is 17.9 Å². The molecule has 0 spiro atoms. The number of carbonyl (C=O) groups is 3. The van der Waals surface area contributed by atoms with Crippen LogP contribution in [-0.4, -0.2) is 62.8 Å². The normalized spacial score (nSPS) is 21.3. The van der Waals surface area contributed by atoms with Gasteiger partial charge >= 0.3 is 5.97 Å². The molecule has 0 bridgehead atoms. The lowest BCUT2D eigenvalue weighted by Crippen LogP contribution is -2.71. The Kier molecular flexibility index (Phi) is 6.19. The quantitative estimate of drug-likeness (QED) is 0.206. The number of anilines is 1. The molecule has 35 heavy (non-hydrogen) atoms. The number of nitrogens with one attached hydrogen (secondary N) is 1. The molecule has 0 saturated carbocycles. The molecule has 0 radical (unpaired) electrons. The number of nitrogens with two attached hydrogens (primary N) is 1. The number of rotatable bonds is 7. The van der Waals surface area contributed by atoms with Crippen LogP contribution < -0.4 is 15.6 Å². The SMILES string of the molecule is CO/N=C(/C(=O)NC1C(=O)N2C(C(=O)O)=C(C[n+]3cccc4c3CCC4)CSC12)c1csc(N)n1. The molecule has 182 valence electrons. The maximum atomic E-state index is 13.0. The van der Waals surface area contributed by atoms with Crippen LogP contribution in [0.4, 0.5) is 5.13 Å². The first-order valence-electron chi connectivity index (χ1n) is 10.9. The van der Waals surface area contributed by atoms with Gasteiger partial charge in [0.05, 0.1) is 0 Å². The summed E-state index contributed by atoms with van der Waals surface area (Å²) in [6.45, 7) is 0.404. The van der Waals surface area contributed by atoms with Gasteiger partial charge in [0.2, 0.25) is 0 Å². The fourth-order valence-corrected chi connectivity index (χ4v) is 6.56. The fourth-order valence-electron chi connectivity index (χ4n) is 4.67. The highest BCUT2D eigenvalue weighted by molar-refractivity contribution is 8.00. The van der Waals surface area contributed by atoms with Crippen LogP contribution in [-0.2, 0) is 38.6 Å². The van der Waals surface area contributed by atoms with Crippen molar-refractivity contribution in [1.29, 1.82) is 0 Å². The zero-order valence-electron chi connectivity index (χ0n) is 18.8. The molecule has 1 saturated heterocycles. The van der Waals surface area contributed by atoms with Gasteiger partial charge in [-0.3, -0.25) is 14.5 Å². The zero-order valence-corrected chi connectivity index (χ0v) is 20.4. The van der Waals surface area contributed by atoms with E-state index in [0.717, 1.165) is 30.6 Å². The van der Waals surface area contributed by atoms with Crippen LogP contribution in [0.15, 0.2) is 40.1 Å². The van der Waals surface area contributed by atoms with E-state index in [2.05, 4.69) is 26.1 Å². The minimum absolute atomic E-state index is 0.00888. The number of nitrogens with zero attached hydrogens (tertiary/aromatic N) is 4. The van der Waals surface area contributed by atoms with Crippen LogP contribution >= 0.6 is 23.1 Å². The van der Waals surface area contributed by atoms with Gasteiger partial charge in [-0.1, -0.05) is 5.16 Å². The van der Waals surface area contributed by atoms with Crippen molar-refractivity contribution in [2.24, 2.45) is 5.16 Å². The first kappa shape index (κ1) is 23.3. The molecule has 1 aliphatic carbocycles. The van der Waals surface area contributed by atoms with Crippen LogP contribution in [0.2, 0.25) is 0 Å². The molecule has 2 amide bonds. The molecule has 2 aromatic rings. The lowest BCUT2D eigenvalue weighted by atomic mass is 10.0. The number of carboxylic acids is 1. The summed E-state index contributed by atoms with van der Waals surface area (Å²) in [5.74, 6) is -1.86. The number of nitrogen functional groups attached to an aromatic ring is 1. The third-order valence-corrected chi connectivity index (χ3v) is 8.21. The van der Waals surface area contributed by atoms with Gasteiger partial charge in [-0.15, -0.1) is 23.1 Å². The molecule has 1 fully saturated rings. The number of aliphatic carboxylic acids is 1. The van der Waals surface area contributed by atoms with Gasteiger partial charge in [-0.2, -0.15) is 4.57 Å². The number of thiazole rings is 1. The molecule has 13 heteroatoms. The van der Waals surface area contributed by atoms with E-state index in [9.17, 15) is 19.5 Å². The fraction of sp³-hybridized carbons (Fsp3) is 0.364. The molecule has 2 aliphatic heterocycles. The highest BCUT2D eigenvalue weighted by Gasteiger charge is 2.55. The van der Waals surface area contributed by atoms with Crippen molar-refractivity contribution in [1.82, 2.24) is 15.2 Å². The topological polar surface area (TPSA) is 151 Å². The monoisotopic (exact) mass is 515 g/mol. The number of hydrogen-bond acceptors (Lipinski definition) is 9. The van der Waals surface area contributed by atoms with Gasteiger partial charge in [-0.05, 0) is 18.9 Å². The van der Waals surface area contributed by atoms with Crippen molar-refractivity contribution < 1.29 is 28.9 Å². The highest BCUT2D eigenvalue weighted by Crippen LogP contribution is 2.40. The Bertz CT molecular complexity index is 1290. The summed E-state index contributed by atoms with van der Waals surface area (Å²) in [5.41, 5.74) is 8.92. The number of oxime groups is 1. The van der Waals surface area contributed by atoms with Crippen molar-refractivity contribution in [3.05, 3.63) is 51.9 Å². The standard InChI is InChI=1S/C22H22N6O5S2/c1-33-26-15(13-10-35-22(23)24-13)18(29)25-16-19(30)28-17(21(31)32)12(9-34-20(16)28)8-27-7-3-5-11-4-2-6-14(11)27/h3,5,7,10,16,20H,2,4,6,8-9H2,1H3,(H3-,23,24,25,29,31,32)/p+1/b26-15+. The van der Waals surface area contributed by atoms with Gasteiger partial charge in [0, 0.05) is 34.8 Å². The van der Waals surface area contributed by atoms with Gasteiger partial charge in [0.25, 0.3) is 11.8 Å². The van der Waals surface area contributed by atoms with E-state index in [4.69, 9.17) is 10.6 Å². The largest absolute Gasteiger partial charge is 0.477 e. The third-order valence-electron chi connectivity index (χ3n) is 6.20. The number of aromatic nitrogens is 2. The average Bonchev–Trinajstić information content (AvgIpc) is 3.49. The number of hydrogen-bond donors (Lipinski definition) is 3. The van der Waals surface area contributed by atoms with Gasteiger partial charge in [0.15, 0.2) is 29.3 Å². The molecule has 2 unspecified atom stereocenters. The van der Waals surface area contributed by atoms with E-state index in [1.165, 1.54) is 35.0 Å². The number of fused-ring (bicyclic) bond motifs is 2. The van der Waals surface area contributed by atoms with E-state index >= 15 is 0 Å². The number of thioether (sulfide) groups is 1. The Morgan fingerprint density at radius 2 is 2.26 bits per heavy atom. The summed E-state index contributed by atoms with van der Waals surface area (Å²) < 4.78 is 2.08. The Morgan fingerprint density at radius 1 is 1.43 bits per heavy atom. The molecule has 11 nitrogen and oxygen atoms in total. The van der Waals surface area contributed by atoms with Crippen molar-refractivity contribution in [3.63, 3.8) is 0 Å². The van der Waals surface area contributed by atoms with Crippen molar-refractivity contribution in [3.8, 4) is 0 Å². The maximum absolute atomic E-state index is 13.0. The smallest absolute Gasteiger partial charge is 0.352 e. The summed E-state index contributed by atoms with van der Waals surface area (Å²) in [4.78, 5) is 48.2. The van der Waals surface area contributed by atoms with E-state index < -0.39 is 29.2 Å². The molecular formula is C22H23N6O5S2+. The van der Waals surface area contributed by atoms with Gasteiger partial charge in [-0.25, -0.2) is 9.78 Å². The second-order valence-corrected chi connectivity index (χ2v) is 10.3. The summed E-state index contributed by atoms with van der Waals surface area (Å²) >= 11 is 2.57. The minimum Gasteiger partial charge on any atom is -0.477 e. The Hall–Kier alpha value is -3.45. The number of carbonyl (C=O) groups excluding carboxylic acids is 2. The number of carboxylic acid groups (broad SMARTS) is 1. The number of amides is 2. The van der Waals surface area contributed by atoms with E-state index in [-0.39, 0.29) is 22.2 Å². The second-order valence-electron chi connectivity index (χ2n) is 8.27. The van der Waals surface area contributed by atoms with Gasteiger partial charge in [0.1, 0.15) is 29.9 Å². The van der Waals surface area contributed by atoms with Crippen molar-refractivity contribution >= 4 is 51.7 Å². The Balaban J connectivity index is 1.36. The zero-order chi connectivity index (χ0) is 24.7. The van der Waals surface area contributed by atoms with Crippen molar-refractivity contribution in [2.75, 3.05) is 18.6 Å². The molecule has 4 heterocycles. The molecule has 2 atom stereocenters. The predicted octanol–water partition coefficient (Wildman–Crippen LogP) is 0.291. The van der Waals surface area contributed by atoms with Crippen molar-refractivity contribution in [2.45, 2.75) is 37.2 Å². The van der Waals surface area contributed by atoms with Crippen LogP contribution in [0.1, 0.15) is 23.4 Å². The summed E-state index contributed by atoms with van der Waals surface area (Å²) in [7, 11) is 1.29. The van der Waals surface area contributed by atoms with Crippen LogP contribution in [0.3, 0.4) is 0 Å².